The Balaban J connectivity index is 1.54. The molecule has 3 nitrogen and oxygen atoms in total. The van der Waals surface area contributed by atoms with E-state index in [2.05, 4.69) is 5.32 Å². The molecule has 0 saturated heterocycles. The van der Waals surface area contributed by atoms with E-state index < -0.39 is 0 Å². The quantitative estimate of drug-likeness (QED) is 0.592. The van der Waals surface area contributed by atoms with Gasteiger partial charge in [0.1, 0.15) is 0 Å². The van der Waals surface area contributed by atoms with Gasteiger partial charge in [0.05, 0.1) is 0 Å². The number of aryl methyl sites for hydroxylation is 1. The molecule has 1 aliphatic rings. The van der Waals surface area contributed by atoms with Crippen molar-refractivity contribution < 1.29 is 4.79 Å². The van der Waals surface area contributed by atoms with Crippen LogP contribution in [0.5, 0.6) is 0 Å². The number of hydrogen-bond acceptors (Lipinski definition) is 2. The van der Waals surface area contributed by atoms with E-state index in [0.29, 0.717) is 6.42 Å². The van der Waals surface area contributed by atoms with Gasteiger partial charge in [-0.2, -0.15) is 0 Å². The number of hydrogen-bond donors (Lipinski definition) is 2. The molecule has 20 heavy (non-hydrogen) atoms. The van der Waals surface area contributed by atoms with Crippen LogP contribution in [-0.2, 0) is 11.2 Å². The Bertz CT molecular complexity index is 408. The van der Waals surface area contributed by atoms with Gasteiger partial charge in [-0.25, -0.2) is 0 Å². The van der Waals surface area contributed by atoms with Crippen LogP contribution in [0.1, 0.15) is 50.5 Å². The number of carbonyl (C=O) groups is 1. The molecule has 0 unspecified atom stereocenters. The van der Waals surface area contributed by atoms with Gasteiger partial charge in [0, 0.05) is 18.7 Å². The molecular formula is C17H26N2O. The smallest absolute Gasteiger partial charge is 0.220 e. The Labute approximate surface area is 121 Å². The molecule has 1 saturated carbocycles. The standard InChI is InChI=1S/C17H26N2O/c18-16-10-7-15(8-11-16)9-12-17(20)19-13-3-6-14-4-1-2-5-14/h7-8,10-11,14H,1-6,9,12-13,18H2,(H,19,20). The van der Waals surface area contributed by atoms with Gasteiger partial charge < -0.3 is 11.1 Å². The van der Waals surface area contributed by atoms with Crippen molar-refractivity contribution in [1.29, 1.82) is 0 Å². The highest BCUT2D eigenvalue weighted by Gasteiger charge is 2.14. The van der Waals surface area contributed by atoms with Crippen LogP contribution in [0.3, 0.4) is 0 Å². The Morgan fingerprint density at radius 2 is 1.90 bits per heavy atom. The number of nitrogen functional groups attached to an aromatic ring is 1. The number of benzene rings is 1. The van der Waals surface area contributed by atoms with E-state index in [9.17, 15) is 4.79 Å². The molecule has 3 N–H and O–H groups in total. The first kappa shape index (κ1) is 14.9. The van der Waals surface area contributed by atoms with Gasteiger partial charge in [-0.15, -0.1) is 0 Å². The maximum atomic E-state index is 11.7. The average molecular weight is 274 g/mol. The molecule has 1 aromatic carbocycles. The maximum absolute atomic E-state index is 11.7. The van der Waals surface area contributed by atoms with E-state index >= 15 is 0 Å². The summed E-state index contributed by atoms with van der Waals surface area (Å²) in [7, 11) is 0. The summed E-state index contributed by atoms with van der Waals surface area (Å²) in [4.78, 5) is 11.7. The fourth-order valence-electron chi connectivity index (χ4n) is 2.95. The van der Waals surface area contributed by atoms with E-state index in [-0.39, 0.29) is 5.91 Å². The van der Waals surface area contributed by atoms with Crippen molar-refractivity contribution in [1.82, 2.24) is 5.32 Å². The summed E-state index contributed by atoms with van der Waals surface area (Å²) in [6.07, 6.45) is 9.34. The minimum absolute atomic E-state index is 0.160. The van der Waals surface area contributed by atoms with Gasteiger partial charge in [0.25, 0.3) is 0 Å². The number of carbonyl (C=O) groups excluding carboxylic acids is 1. The molecule has 0 bridgehead atoms. The highest BCUT2D eigenvalue weighted by atomic mass is 16.1. The van der Waals surface area contributed by atoms with Crippen LogP contribution in [-0.4, -0.2) is 12.5 Å². The molecule has 0 radical (unpaired) electrons. The summed E-state index contributed by atoms with van der Waals surface area (Å²) in [5.74, 6) is 1.08. The Morgan fingerprint density at radius 1 is 1.20 bits per heavy atom. The van der Waals surface area contributed by atoms with Crippen molar-refractivity contribution in [2.75, 3.05) is 12.3 Å². The van der Waals surface area contributed by atoms with Gasteiger partial charge in [-0.3, -0.25) is 4.79 Å². The van der Waals surface area contributed by atoms with E-state index in [4.69, 9.17) is 5.73 Å². The third-order valence-corrected chi connectivity index (χ3v) is 4.21. The van der Waals surface area contributed by atoms with E-state index in [1.54, 1.807) is 0 Å². The zero-order valence-electron chi connectivity index (χ0n) is 12.2. The summed E-state index contributed by atoms with van der Waals surface area (Å²) in [5.41, 5.74) is 7.57. The highest BCUT2D eigenvalue weighted by Crippen LogP contribution is 2.28. The van der Waals surface area contributed by atoms with Crippen molar-refractivity contribution in [2.24, 2.45) is 5.92 Å². The lowest BCUT2D eigenvalue weighted by molar-refractivity contribution is -0.121. The summed E-state index contributed by atoms with van der Waals surface area (Å²) in [6, 6.07) is 7.75. The molecule has 0 spiro atoms. The molecule has 2 rings (SSSR count). The van der Waals surface area contributed by atoms with Crippen molar-refractivity contribution in [3.8, 4) is 0 Å². The average Bonchev–Trinajstić information content (AvgIpc) is 2.96. The largest absolute Gasteiger partial charge is 0.399 e. The lowest BCUT2D eigenvalue weighted by atomic mass is 10.0. The first-order valence-corrected chi connectivity index (χ1v) is 7.85. The van der Waals surface area contributed by atoms with Gasteiger partial charge in [-0.05, 0) is 42.9 Å². The van der Waals surface area contributed by atoms with Crippen LogP contribution in [0.4, 0.5) is 5.69 Å². The van der Waals surface area contributed by atoms with E-state index in [1.165, 1.54) is 37.7 Å². The van der Waals surface area contributed by atoms with Crippen LogP contribution in [0.2, 0.25) is 0 Å². The predicted molar refractivity (Wildman–Crippen MR) is 83.4 cm³/mol. The van der Waals surface area contributed by atoms with Crippen molar-refractivity contribution in [3.05, 3.63) is 29.8 Å². The van der Waals surface area contributed by atoms with Crippen LogP contribution >= 0.6 is 0 Å². The van der Waals surface area contributed by atoms with Gasteiger partial charge >= 0.3 is 0 Å². The number of anilines is 1. The van der Waals surface area contributed by atoms with Gasteiger partial charge in [-0.1, -0.05) is 37.8 Å². The Morgan fingerprint density at radius 3 is 2.60 bits per heavy atom. The molecule has 1 aromatic rings. The molecule has 3 heteroatoms. The summed E-state index contributed by atoms with van der Waals surface area (Å²) >= 11 is 0. The number of nitrogens with two attached hydrogens (primary N) is 1. The second-order valence-corrected chi connectivity index (χ2v) is 5.88. The first-order valence-electron chi connectivity index (χ1n) is 7.85. The van der Waals surface area contributed by atoms with Crippen molar-refractivity contribution >= 4 is 11.6 Å². The molecule has 0 heterocycles. The first-order chi connectivity index (χ1) is 9.74. The zero-order valence-corrected chi connectivity index (χ0v) is 12.2. The fraction of sp³-hybridized carbons (Fsp3) is 0.588. The second-order valence-electron chi connectivity index (χ2n) is 5.88. The number of rotatable bonds is 7. The second kappa shape index (κ2) is 7.93. The van der Waals surface area contributed by atoms with Crippen molar-refractivity contribution in [2.45, 2.75) is 51.4 Å². The van der Waals surface area contributed by atoms with Crippen molar-refractivity contribution in [3.63, 3.8) is 0 Å². The van der Waals surface area contributed by atoms with E-state index in [1.807, 2.05) is 24.3 Å². The normalized spacial score (nSPS) is 15.4. The zero-order chi connectivity index (χ0) is 14.2. The lowest BCUT2D eigenvalue weighted by Gasteiger charge is -2.09. The molecule has 110 valence electrons. The molecule has 1 aliphatic carbocycles. The molecule has 0 aliphatic heterocycles. The Hall–Kier alpha value is -1.51. The monoisotopic (exact) mass is 274 g/mol. The molecule has 0 aromatic heterocycles. The summed E-state index contributed by atoms with van der Waals surface area (Å²) < 4.78 is 0. The highest BCUT2D eigenvalue weighted by molar-refractivity contribution is 5.76. The molecule has 1 fully saturated rings. The summed E-state index contributed by atoms with van der Waals surface area (Å²) in [6.45, 7) is 0.830. The van der Waals surface area contributed by atoms with Crippen LogP contribution in [0, 0.1) is 5.92 Å². The fourth-order valence-corrected chi connectivity index (χ4v) is 2.95. The molecular weight excluding hydrogens is 248 g/mol. The topological polar surface area (TPSA) is 55.1 Å². The van der Waals surface area contributed by atoms with Crippen LogP contribution in [0.15, 0.2) is 24.3 Å². The van der Waals surface area contributed by atoms with Gasteiger partial charge in [0.2, 0.25) is 5.91 Å². The SMILES string of the molecule is Nc1ccc(CCC(=O)NCCCC2CCCC2)cc1. The van der Waals surface area contributed by atoms with Crippen LogP contribution < -0.4 is 11.1 Å². The van der Waals surface area contributed by atoms with Gasteiger partial charge in [0.15, 0.2) is 0 Å². The van der Waals surface area contributed by atoms with Crippen LogP contribution in [0.25, 0.3) is 0 Å². The third kappa shape index (κ3) is 5.24. The summed E-state index contributed by atoms with van der Waals surface area (Å²) in [5, 5.41) is 3.02. The number of amides is 1. The number of nitrogens with one attached hydrogen (secondary N) is 1. The molecule has 0 atom stereocenters. The Kier molecular flexibility index (Phi) is 5.90. The molecule has 1 amide bonds. The van der Waals surface area contributed by atoms with E-state index in [0.717, 1.165) is 31.0 Å². The minimum Gasteiger partial charge on any atom is -0.399 e. The third-order valence-electron chi connectivity index (χ3n) is 4.21. The maximum Gasteiger partial charge on any atom is 0.220 e. The predicted octanol–water partition coefficient (Wildman–Crippen LogP) is 3.29. The lowest BCUT2D eigenvalue weighted by Crippen LogP contribution is -2.24. The minimum atomic E-state index is 0.160.